The zero-order chi connectivity index (χ0) is 11.0. The highest BCUT2D eigenvalue weighted by atomic mass is 32.1. The average Bonchev–Trinajstić information content (AvgIpc) is 3.04. The Bertz CT molecular complexity index is 491. The molecule has 3 rings (SSSR count). The van der Waals surface area contributed by atoms with E-state index in [0.717, 1.165) is 22.3 Å². The van der Waals surface area contributed by atoms with Gasteiger partial charge in [0.25, 0.3) is 0 Å². The van der Waals surface area contributed by atoms with Crippen molar-refractivity contribution in [3.8, 4) is 10.8 Å². The first-order valence-electron chi connectivity index (χ1n) is 5.33. The number of hydrogen-bond donors (Lipinski definition) is 1. The van der Waals surface area contributed by atoms with Gasteiger partial charge in [-0.05, 0) is 12.8 Å². The van der Waals surface area contributed by atoms with Crippen LogP contribution < -0.4 is 5.32 Å². The molecule has 2 heterocycles. The summed E-state index contributed by atoms with van der Waals surface area (Å²) in [6.07, 6.45) is 4.28. The van der Waals surface area contributed by atoms with E-state index in [0.29, 0.717) is 5.92 Å². The highest BCUT2D eigenvalue weighted by Crippen LogP contribution is 2.40. The van der Waals surface area contributed by atoms with Crippen molar-refractivity contribution in [2.24, 2.45) is 0 Å². The molecule has 1 aliphatic carbocycles. The molecule has 1 aliphatic rings. The van der Waals surface area contributed by atoms with Gasteiger partial charge in [0, 0.05) is 36.3 Å². The molecule has 0 unspecified atom stereocenters. The summed E-state index contributed by atoms with van der Waals surface area (Å²) in [6, 6.07) is 2.04. The SMILES string of the molecule is CNc1cc(C2CC2)nc(-c2nccs2)n1. The van der Waals surface area contributed by atoms with E-state index in [2.05, 4.69) is 20.3 Å². The predicted octanol–water partition coefficient (Wildman–Crippen LogP) is 2.52. The Labute approximate surface area is 97.8 Å². The summed E-state index contributed by atoms with van der Waals surface area (Å²) in [6.45, 7) is 0. The molecular weight excluding hydrogens is 220 g/mol. The minimum absolute atomic E-state index is 0.633. The van der Waals surface area contributed by atoms with E-state index in [1.54, 1.807) is 17.5 Å². The fourth-order valence-corrected chi connectivity index (χ4v) is 2.18. The van der Waals surface area contributed by atoms with Gasteiger partial charge in [0.1, 0.15) is 5.82 Å². The van der Waals surface area contributed by atoms with Crippen LogP contribution in [0.15, 0.2) is 17.6 Å². The van der Waals surface area contributed by atoms with Crippen LogP contribution >= 0.6 is 11.3 Å². The summed E-state index contributed by atoms with van der Waals surface area (Å²) in [4.78, 5) is 13.3. The van der Waals surface area contributed by atoms with Crippen LogP contribution in [0.25, 0.3) is 10.8 Å². The molecule has 0 aromatic carbocycles. The van der Waals surface area contributed by atoms with Gasteiger partial charge in [-0.25, -0.2) is 15.0 Å². The van der Waals surface area contributed by atoms with E-state index in [1.807, 2.05) is 18.5 Å². The van der Waals surface area contributed by atoms with Crippen molar-refractivity contribution in [2.45, 2.75) is 18.8 Å². The second kappa shape index (κ2) is 3.83. The lowest BCUT2D eigenvalue weighted by Crippen LogP contribution is -1.99. The lowest BCUT2D eigenvalue weighted by atomic mass is 10.2. The summed E-state index contributed by atoms with van der Waals surface area (Å²) < 4.78 is 0. The normalized spacial score (nSPS) is 15.1. The molecule has 0 aliphatic heterocycles. The second-order valence-corrected chi connectivity index (χ2v) is 4.76. The van der Waals surface area contributed by atoms with Gasteiger partial charge in [-0.3, -0.25) is 0 Å². The van der Waals surface area contributed by atoms with Gasteiger partial charge in [0.2, 0.25) is 0 Å². The quantitative estimate of drug-likeness (QED) is 0.883. The lowest BCUT2D eigenvalue weighted by Gasteiger charge is -2.05. The summed E-state index contributed by atoms with van der Waals surface area (Å²) in [5, 5.41) is 5.91. The zero-order valence-electron chi connectivity index (χ0n) is 8.97. The Morgan fingerprint density at radius 2 is 2.25 bits per heavy atom. The van der Waals surface area contributed by atoms with E-state index in [-0.39, 0.29) is 0 Å². The molecule has 4 nitrogen and oxygen atoms in total. The Balaban J connectivity index is 2.06. The van der Waals surface area contributed by atoms with Gasteiger partial charge >= 0.3 is 0 Å². The van der Waals surface area contributed by atoms with Gasteiger partial charge in [0.15, 0.2) is 10.8 Å². The molecule has 0 bridgehead atoms. The Morgan fingerprint density at radius 3 is 2.88 bits per heavy atom. The molecule has 82 valence electrons. The maximum Gasteiger partial charge on any atom is 0.190 e. The van der Waals surface area contributed by atoms with E-state index < -0.39 is 0 Å². The van der Waals surface area contributed by atoms with Crippen LogP contribution in [-0.4, -0.2) is 22.0 Å². The first-order chi connectivity index (χ1) is 7.86. The van der Waals surface area contributed by atoms with Crippen LogP contribution in [0, 0.1) is 0 Å². The second-order valence-electron chi connectivity index (χ2n) is 3.86. The third-order valence-electron chi connectivity index (χ3n) is 2.62. The fraction of sp³-hybridized carbons (Fsp3) is 0.364. The molecule has 5 heteroatoms. The standard InChI is InChI=1S/C11H12N4S/c1-12-9-6-8(7-2-3-7)14-10(15-9)11-13-4-5-16-11/h4-7H,2-3H2,1H3,(H,12,14,15). The van der Waals surface area contributed by atoms with Crippen LogP contribution in [0.3, 0.4) is 0 Å². The molecule has 0 atom stereocenters. The molecule has 0 saturated heterocycles. The first kappa shape index (κ1) is 9.72. The van der Waals surface area contributed by atoms with E-state index in [1.165, 1.54) is 12.8 Å². The summed E-state index contributed by atoms with van der Waals surface area (Å²) in [5.74, 6) is 2.25. The molecule has 0 amide bonds. The predicted molar refractivity (Wildman–Crippen MR) is 64.7 cm³/mol. The summed E-state index contributed by atoms with van der Waals surface area (Å²) in [5.41, 5.74) is 1.14. The van der Waals surface area contributed by atoms with Crippen LogP contribution in [0.1, 0.15) is 24.5 Å². The van der Waals surface area contributed by atoms with Gasteiger partial charge in [0.05, 0.1) is 0 Å². The molecule has 16 heavy (non-hydrogen) atoms. The number of nitrogens with one attached hydrogen (secondary N) is 1. The molecule has 1 fully saturated rings. The molecule has 2 aromatic heterocycles. The average molecular weight is 232 g/mol. The zero-order valence-corrected chi connectivity index (χ0v) is 9.79. The van der Waals surface area contributed by atoms with Crippen molar-refractivity contribution in [3.05, 3.63) is 23.3 Å². The maximum atomic E-state index is 4.58. The summed E-state index contributed by atoms with van der Waals surface area (Å²) >= 11 is 1.57. The molecule has 1 saturated carbocycles. The third kappa shape index (κ3) is 1.78. The highest BCUT2D eigenvalue weighted by molar-refractivity contribution is 7.13. The minimum atomic E-state index is 0.633. The van der Waals surface area contributed by atoms with E-state index >= 15 is 0 Å². The minimum Gasteiger partial charge on any atom is -0.373 e. The van der Waals surface area contributed by atoms with Gasteiger partial charge in [-0.2, -0.15) is 0 Å². The Hall–Kier alpha value is -1.49. The van der Waals surface area contributed by atoms with Gasteiger partial charge in [-0.1, -0.05) is 0 Å². The smallest absolute Gasteiger partial charge is 0.190 e. The number of aromatic nitrogens is 3. The Morgan fingerprint density at radius 1 is 1.38 bits per heavy atom. The van der Waals surface area contributed by atoms with Crippen molar-refractivity contribution in [1.82, 2.24) is 15.0 Å². The van der Waals surface area contributed by atoms with Crippen molar-refractivity contribution >= 4 is 17.2 Å². The van der Waals surface area contributed by atoms with Gasteiger partial charge < -0.3 is 5.32 Å². The molecule has 0 spiro atoms. The van der Waals surface area contributed by atoms with Gasteiger partial charge in [-0.15, -0.1) is 11.3 Å². The largest absolute Gasteiger partial charge is 0.373 e. The van der Waals surface area contributed by atoms with Crippen LogP contribution in [-0.2, 0) is 0 Å². The molecule has 1 N–H and O–H groups in total. The maximum absolute atomic E-state index is 4.58. The topological polar surface area (TPSA) is 50.7 Å². The molecule has 2 aromatic rings. The van der Waals surface area contributed by atoms with E-state index in [4.69, 9.17) is 0 Å². The number of hydrogen-bond acceptors (Lipinski definition) is 5. The first-order valence-corrected chi connectivity index (χ1v) is 6.21. The van der Waals surface area contributed by atoms with Crippen LogP contribution in [0.5, 0.6) is 0 Å². The number of anilines is 1. The van der Waals surface area contributed by atoms with Crippen molar-refractivity contribution in [1.29, 1.82) is 0 Å². The third-order valence-corrected chi connectivity index (χ3v) is 3.39. The van der Waals surface area contributed by atoms with Crippen molar-refractivity contribution in [2.75, 3.05) is 12.4 Å². The molecule has 0 radical (unpaired) electrons. The number of nitrogens with zero attached hydrogens (tertiary/aromatic N) is 3. The monoisotopic (exact) mass is 232 g/mol. The number of rotatable bonds is 3. The fourth-order valence-electron chi connectivity index (χ4n) is 1.61. The van der Waals surface area contributed by atoms with Crippen molar-refractivity contribution in [3.63, 3.8) is 0 Å². The van der Waals surface area contributed by atoms with E-state index in [9.17, 15) is 0 Å². The van der Waals surface area contributed by atoms with Crippen LogP contribution in [0.2, 0.25) is 0 Å². The lowest BCUT2D eigenvalue weighted by molar-refractivity contribution is 0.992. The molecular formula is C11H12N4S. The summed E-state index contributed by atoms with van der Waals surface area (Å²) in [7, 11) is 1.88. The highest BCUT2D eigenvalue weighted by Gasteiger charge is 2.26. The van der Waals surface area contributed by atoms with Crippen LogP contribution in [0.4, 0.5) is 5.82 Å². The number of thiazole rings is 1. The van der Waals surface area contributed by atoms with Crippen molar-refractivity contribution < 1.29 is 0 Å². The Kier molecular flexibility index (Phi) is 2.32.